The molecule has 4 heteroatoms. The zero-order chi connectivity index (χ0) is 12.1. The highest BCUT2D eigenvalue weighted by Crippen LogP contribution is 2.11. The fourth-order valence-corrected chi connectivity index (χ4v) is 1.76. The van der Waals surface area contributed by atoms with Gasteiger partial charge in [-0.05, 0) is 26.2 Å². The first kappa shape index (κ1) is 14.4. The van der Waals surface area contributed by atoms with Crippen molar-refractivity contribution in [3.05, 3.63) is 0 Å². The Morgan fingerprint density at radius 1 is 1.47 bits per heavy atom. The van der Waals surface area contributed by atoms with Crippen LogP contribution in [0.2, 0.25) is 0 Å². The third-order valence-electron chi connectivity index (χ3n) is 2.29. The molecule has 0 radical (unpaired) electrons. The minimum Gasteiger partial charge on any atom is -0.480 e. The van der Waals surface area contributed by atoms with Gasteiger partial charge in [0.15, 0.2) is 0 Å². The average Bonchev–Trinajstić information content (AvgIpc) is 2.01. The first-order valence-corrected chi connectivity index (χ1v) is 5.32. The Bertz CT molecular complexity index is 206. The topological polar surface area (TPSA) is 58.6 Å². The van der Waals surface area contributed by atoms with Gasteiger partial charge in [-0.2, -0.15) is 0 Å². The molecule has 0 rings (SSSR count). The van der Waals surface area contributed by atoms with Crippen LogP contribution >= 0.6 is 0 Å². The molecule has 15 heavy (non-hydrogen) atoms. The Labute approximate surface area is 92.0 Å². The van der Waals surface area contributed by atoms with E-state index >= 15 is 0 Å². The lowest BCUT2D eigenvalue weighted by molar-refractivity contribution is -0.146. The molecule has 0 aliphatic heterocycles. The molecule has 4 nitrogen and oxygen atoms in total. The van der Waals surface area contributed by atoms with Crippen LogP contribution in [0, 0.1) is 5.92 Å². The molecule has 0 saturated carbocycles. The van der Waals surface area contributed by atoms with Crippen molar-refractivity contribution in [1.82, 2.24) is 5.32 Å². The molecule has 0 heterocycles. The van der Waals surface area contributed by atoms with E-state index in [-0.39, 0.29) is 12.6 Å². The number of hydrogen-bond acceptors (Lipinski definition) is 3. The maximum absolute atomic E-state index is 11.1. The fourth-order valence-electron chi connectivity index (χ4n) is 1.76. The summed E-state index contributed by atoms with van der Waals surface area (Å²) in [6.45, 7) is 8.05. The fraction of sp³-hybridized carbons (Fsp3) is 0.909. The van der Waals surface area contributed by atoms with E-state index in [9.17, 15) is 4.79 Å². The number of nitrogens with one attached hydrogen (secondary N) is 1. The third-order valence-corrected chi connectivity index (χ3v) is 2.29. The quantitative estimate of drug-likeness (QED) is 0.678. The molecule has 90 valence electrons. The Kier molecular flexibility index (Phi) is 5.83. The van der Waals surface area contributed by atoms with Crippen LogP contribution in [0.5, 0.6) is 0 Å². The molecule has 0 aromatic carbocycles. The third kappa shape index (κ3) is 5.14. The maximum atomic E-state index is 11.1. The van der Waals surface area contributed by atoms with Gasteiger partial charge in [0.2, 0.25) is 0 Å². The summed E-state index contributed by atoms with van der Waals surface area (Å²) >= 11 is 0. The molecule has 0 bridgehead atoms. The van der Waals surface area contributed by atoms with Crippen molar-refractivity contribution in [3.8, 4) is 0 Å². The van der Waals surface area contributed by atoms with Crippen molar-refractivity contribution < 1.29 is 14.6 Å². The van der Waals surface area contributed by atoms with Crippen molar-refractivity contribution in [2.75, 3.05) is 13.7 Å². The summed E-state index contributed by atoms with van der Waals surface area (Å²) in [4.78, 5) is 11.1. The van der Waals surface area contributed by atoms with Crippen molar-refractivity contribution >= 4 is 5.97 Å². The lowest BCUT2D eigenvalue weighted by atomic mass is 9.99. The summed E-state index contributed by atoms with van der Waals surface area (Å²) in [5.74, 6) is -0.326. The van der Waals surface area contributed by atoms with E-state index in [0.29, 0.717) is 5.92 Å². The van der Waals surface area contributed by atoms with Gasteiger partial charge in [-0.3, -0.25) is 10.1 Å². The first-order valence-electron chi connectivity index (χ1n) is 5.32. The number of carbonyl (C=O) groups is 1. The number of methoxy groups -OCH3 is 1. The van der Waals surface area contributed by atoms with Crippen LogP contribution < -0.4 is 5.32 Å². The van der Waals surface area contributed by atoms with Crippen LogP contribution in [0.25, 0.3) is 0 Å². The molecule has 0 aliphatic carbocycles. The number of ether oxygens (including phenoxy) is 1. The highest BCUT2D eigenvalue weighted by atomic mass is 16.5. The molecule has 0 aromatic heterocycles. The Morgan fingerprint density at radius 3 is 2.33 bits per heavy atom. The predicted octanol–water partition coefficient (Wildman–Crippen LogP) is 1.50. The molecule has 2 atom stereocenters. The van der Waals surface area contributed by atoms with Gasteiger partial charge >= 0.3 is 5.97 Å². The van der Waals surface area contributed by atoms with Gasteiger partial charge < -0.3 is 9.84 Å². The van der Waals surface area contributed by atoms with E-state index in [0.717, 1.165) is 6.42 Å². The number of hydrogen-bond donors (Lipinski definition) is 2. The summed E-state index contributed by atoms with van der Waals surface area (Å²) < 4.78 is 4.93. The molecule has 0 saturated heterocycles. The normalized spacial score (nSPS) is 17.5. The molecular formula is C11H23NO3. The van der Waals surface area contributed by atoms with E-state index < -0.39 is 11.5 Å². The van der Waals surface area contributed by atoms with Crippen molar-refractivity contribution in [3.63, 3.8) is 0 Å². The van der Waals surface area contributed by atoms with Gasteiger partial charge in [-0.1, -0.05) is 13.8 Å². The molecule has 2 N–H and O–H groups in total. The van der Waals surface area contributed by atoms with Gasteiger partial charge in [0, 0.05) is 13.2 Å². The smallest absolute Gasteiger partial charge is 0.326 e. The summed E-state index contributed by atoms with van der Waals surface area (Å²) in [6.07, 6.45) is 0.951. The number of aliphatic carboxylic acids is 1. The molecular weight excluding hydrogens is 194 g/mol. The number of rotatable bonds is 7. The van der Waals surface area contributed by atoms with Crippen LogP contribution in [-0.2, 0) is 9.53 Å². The van der Waals surface area contributed by atoms with E-state index in [1.165, 1.54) is 7.11 Å². The Hall–Kier alpha value is -0.610. The summed E-state index contributed by atoms with van der Waals surface area (Å²) in [6, 6.07) is 0.168. The largest absolute Gasteiger partial charge is 0.480 e. The van der Waals surface area contributed by atoms with Crippen LogP contribution in [0.1, 0.15) is 34.1 Å². The van der Waals surface area contributed by atoms with E-state index in [1.807, 2.05) is 6.92 Å². The SMILES string of the molecule is COCC(C)(NC(C)CC(C)C)C(=O)O. The van der Waals surface area contributed by atoms with Crippen LogP contribution in [0.3, 0.4) is 0 Å². The molecule has 0 spiro atoms. The second-order valence-electron chi connectivity index (χ2n) is 4.75. The minimum atomic E-state index is -0.997. The first-order chi connectivity index (χ1) is 6.81. The molecule has 0 amide bonds. The summed E-state index contributed by atoms with van der Waals surface area (Å²) in [7, 11) is 1.51. The van der Waals surface area contributed by atoms with E-state index in [4.69, 9.17) is 9.84 Å². The Balaban J connectivity index is 4.34. The highest BCUT2D eigenvalue weighted by Gasteiger charge is 2.34. The minimum absolute atomic E-state index is 0.168. The van der Waals surface area contributed by atoms with E-state index in [1.54, 1.807) is 6.92 Å². The second kappa shape index (κ2) is 6.08. The molecule has 0 aromatic rings. The molecule has 0 aliphatic rings. The maximum Gasteiger partial charge on any atom is 0.326 e. The van der Waals surface area contributed by atoms with Gasteiger partial charge in [0.1, 0.15) is 5.54 Å². The summed E-state index contributed by atoms with van der Waals surface area (Å²) in [5, 5.41) is 12.2. The Morgan fingerprint density at radius 2 is 2.00 bits per heavy atom. The average molecular weight is 217 g/mol. The van der Waals surface area contributed by atoms with Gasteiger partial charge in [-0.15, -0.1) is 0 Å². The molecule has 0 fully saturated rings. The van der Waals surface area contributed by atoms with Crippen LogP contribution in [-0.4, -0.2) is 36.4 Å². The zero-order valence-electron chi connectivity index (χ0n) is 10.3. The van der Waals surface area contributed by atoms with Gasteiger partial charge in [-0.25, -0.2) is 0 Å². The number of carboxylic acids is 1. The lowest BCUT2D eigenvalue weighted by Gasteiger charge is -2.30. The molecule has 2 unspecified atom stereocenters. The zero-order valence-corrected chi connectivity index (χ0v) is 10.3. The van der Waals surface area contributed by atoms with Crippen molar-refractivity contribution in [1.29, 1.82) is 0 Å². The van der Waals surface area contributed by atoms with Crippen molar-refractivity contribution in [2.45, 2.75) is 45.7 Å². The second-order valence-corrected chi connectivity index (χ2v) is 4.75. The van der Waals surface area contributed by atoms with Gasteiger partial charge in [0.05, 0.1) is 6.61 Å². The van der Waals surface area contributed by atoms with Crippen LogP contribution in [0.15, 0.2) is 0 Å². The van der Waals surface area contributed by atoms with Gasteiger partial charge in [0.25, 0.3) is 0 Å². The van der Waals surface area contributed by atoms with Crippen LogP contribution in [0.4, 0.5) is 0 Å². The summed E-state index contributed by atoms with van der Waals surface area (Å²) in [5.41, 5.74) is -0.997. The lowest BCUT2D eigenvalue weighted by Crippen LogP contribution is -2.56. The monoisotopic (exact) mass is 217 g/mol. The standard InChI is InChI=1S/C11H23NO3/c1-8(2)6-9(3)12-11(4,7-15-5)10(13)14/h8-9,12H,6-7H2,1-5H3,(H,13,14). The van der Waals surface area contributed by atoms with Crippen molar-refractivity contribution in [2.24, 2.45) is 5.92 Å². The highest BCUT2D eigenvalue weighted by molar-refractivity contribution is 5.78. The van der Waals surface area contributed by atoms with E-state index in [2.05, 4.69) is 19.2 Å². The number of carboxylic acid groups (broad SMARTS) is 1. The predicted molar refractivity (Wildman–Crippen MR) is 60.0 cm³/mol.